The Balaban J connectivity index is 2.99. The molecule has 1 aromatic carbocycles. The van der Waals surface area contributed by atoms with Crippen LogP contribution in [0.25, 0.3) is 0 Å². The minimum absolute atomic E-state index is 0.0286. The van der Waals surface area contributed by atoms with Gasteiger partial charge in [0.15, 0.2) is 0 Å². The van der Waals surface area contributed by atoms with Gasteiger partial charge in [-0.05, 0) is 18.1 Å². The Bertz CT molecular complexity index is 413. The maximum absolute atomic E-state index is 10.7. The van der Waals surface area contributed by atoms with Crippen molar-refractivity contribution in [2.45, 2.75) is 18.6 Å². The number of nitrogen functional groups attached to an aromatic ring is 1. The molecular weight excluding hydrogens is 292 g/mol. The molecule has 94 valence electrons. The van der Waals surface area contributed by atoms with E-state index < -0.39 is 17.1 Å². The molecule has 0 aromatic heterocycles. The van der Waals surface area contributed by atoms with Crippen LogP contribution in [0.15, 0.2) is 18.2 Å². The number of aliphatic hydroxyl groups excluding tert-OH is 2. The van der Waals surface area contributed by atoms with Crippen LogP contribution in [0.4, 0.5) is 11.4 Å². The number of alkyl halides is 1. The highest BCUT2D eigenvalue weighted by molar-refractivity contribution is 9.09. The van der Waals surface area contributed by atoms with E-state index in [0.29, 0.717) is 11.8 Å². The van der Waals surface area contributed by atoms with Gasteiger partial charge in [-0.3, -0.25) is 10.1 Å². The van der Waals surface area contributed by atoms with Crippen LogP contribution in [0, 0.1) is 10.1 Å². The Morgan fingerprint density at radius 2 is 2.12 bits per heavy atom. The number of aliphatic hydroxyl groups is 2. The first-order valence-electron chi connectivity index (χ1n) is 4.93. The van der Waals surface area contributed by atoms with Crippen LogP contribution < -0.4 is 5.73 Å². The first-order valence-corrected chi connectivity index (χ1v) is 6.05. The Hall–Kier alpha value is -1.18. The van der Waals surface area contributed by atoms with E-state index in [9.17, 15) is 20.3 Å². The fraction of sp³-hybridized carbons (Fsp3) is 0.400. The average molecular weight is 305 g/mol. The monoisotopic (exact) mass is 304 g/mol. The molecule has 0 aliphatic carbocycles. The van der Waals surface area contributed by atoms with E-state index in [0.717, 1.165) is 0 Å². The molecule has 4 N–H and O–H groups in total. The molecule has 2 unspecified atom stereocenters. The molecule has 0 saturated heterocycles. The van der Waals surface area contributed by atoms with Gasteiger partial charge in [-0.15, -0.1) is 0 Å². The standard InChI is InChI=1S/C10H13BrN2O4/c11-4-3-9(14)10(15)6-1-2-7(12)8(5-6)13(16)17/h1-2,5,9-10,14-15H,3-4,12H2. The van der Waals surface area contributed by atoms with Gasteiger partial charge in [-0.2, -0.15) is 0 Å². The number of halogens is 1. The summed E-state index contributed by atoms with van der Waals surface area (Å²) in [4.78, 5) is 10.0. The highest BCUT2D eigenvalue weighted by Crippen LogP contribution is 2.27. The Morgan fingerprint density at radius 3 is 2.65 bits per heavy atom. The summed E-state index contributed by atoms with van der Waals surface area (Å²) < 4.78 is 0. The second-order valence-electron chi connectivity index (χ2n) is 3.57. The maximum Gasteiger partial charge on any atom is 0.292 e. The molecule has 6 nitrogen and oxygen atoms in total. The molecule has 0 aliphatic rings. The van der Waals surface area contributed by atoms with E-state index in [2.05, 4.69) is 15.9 Å². The summed E-state index contributed by atoms with van der Waals surface area (Å²) in [6.07, 6.45) is -1.79. The average Bonchev–Trinajstić information content (AvgIpc) is 2.28. The third-order valence-electron chi connectivity index (χ3n) is 2.36. The van der Waals surface area contributed by atoms with Crippen LogP contribution >= 0.6 is 15.9 Å². The first kappa shape index (κ1) is 13.9. The Morgan fingerprint density at radius 1 is 1.47 bits per heavy atom. The fourth-order valence-electron chi connectivity index (χ4n) is 1.39. The number of hydrogen-bond acceptors (Lipinski definition) is 5. The van der Waals surface area contributed by atoms with Crippen molar-refractivity contribution in [1.82, 2.24) is 0 Å². The van der Waals surface area contributed by atoms with Gasteiger partial charge in [0, 0.05) is 11.4 Å². The van der Waals surface area contributed by atoms with Crippen molar-refractivity contribution in [2.75, 3.05) is 11.1 Å². The molecule has 0 amide bonds. The van der Waals surface area contributed by atoms with Crippen molar-refractivity contribution >= 4 is 27.3 Å². The van der Waals surface area contributed by atoms with Gasteiger partial charge in [0.25, 0.3) is 5.69 Å². The number of nitrogens with zero attached hydrogens (tertiary/aromatic N) is 1. The quantitative estimate of drug-likeness (QED) is 0.329. The van der Waals surface area contributed by atoms with Crippen LogP contribution in [0.3, 0.4) is 0 Å². The molecule has 1 aromatic rings. The summed E-state index contributed by atoms with van der Waals surface area (Å²) in [5.74, 6) is 0. The predicted molar refractivity (Wildman–Crippen MR) is 66.9 cm³/mol. The van der Waals surface area contributed by atoms with Crippen molar-refractivity contribution in [3.63, 3.8) is 0 Å². The van der Waals surface area contributed by atoms with Gasteiger partial charge in [-0.25, -0.2) is 0 Å². The van der Waals surface area contributed by atoms with E-state index in [1.54, 1.807) is 0 Å². The van der Waals surface area contributed by atoms with Gasteiger partial charge in [0.05, 0.1) is 11.0 Å². The van der Waals surface area contributed by atoms with Crippen molar-refractivity contribution < 1.29 is 15.1 Å². The maximum atomic E-state index is 10.7. The van der Waals surface area contributed by atoms with Crippen molar-refractivity contribution in [3.8, 4) is 0 Å². The van der Waals surface area contributed by atoms with Crippen LogP contribution in [-0.4, -0.2) is 26.6 Å². The zero-order valence-electron chi connectivity index (χ0n) is 8.91. The summed E-state index contributed by atoms with van der Waals surface area (Å²) >= 11 is 3.14. The minimum atomic E-state index is -1.16. The zero-order chi connectivity index (χ0) is 13.0. The van der Waals surface area contributed by atoms with Gasteiger partial charge < -0.3 is 15.9 Å². The highest BCUT2D eigenvalue weighted by Gasteiger charge is 2.21. The predicted octanol–water partition coefficient (Wildman–Crippen LogP) is 1.36. The second-order valence-corrected chi connectivity index (χ2v) is 4.36. The fourth-order valence-corrected chi connectivity index (χ4v) is 1.86. The summed E-state index contributed by atoms with van der Waals surface area (Å²) in [6.45, 7) is 0. The molecular formula is C10H13BrN2O4. The first-order chi connectivity index (χ1) is 7.97. The number of nitro benzene ring substituents is 1. The van der Waals surface area contributed by atoms with E-state index in [1.807, 2.05) is 0 Å². The van der Waals surface area contributed by atoms with Gasteiger partial charge in [0.1, 0.15) is 11.8 Å². The summed E-state index contributed by atoms with van der Waals surface area (Å²) in [5, 5.41) is 30.6. The van der Waals surface area contributed by atoms with Crippen molar-refractivity contribution in [3.05, 3.63) is 33.9 Å². The van der Waals surface area contributed by atoms with Crippen molar-refractivity contribution in [2.24, 2.45) is 0 Å². The molecule has 0 bridgehead atoms. The van der Waals surface area contributed by atoms with E-state index in [1.165, 1.54) is 18.2 Å². The van der Waals surface area contributed by atoms with E-state index >= 15 is 0 Å². The summed E-state index contributed by atoms with van der Waals surface area (Å²) in [6, 6.07) is 3.99. The number of rotatable bonds is 5. The van der Waals surface area contributed by atoms with Gasteiger partial charge in [0.2, 0.25) is 0 Å². The lowest BCUT2D eigenvalue weighted by molar-refractivity contribution is -0.384. The summed E-state index contributed by atoms with van der Waals surface area (Å²) in [7, 11) is 0. The molecule has 2 atom stereocenters. The van der Waals surface area contributed by atoms with E-state index in [4.69, 9.17) is 5.73 Å². The lowest BCUT2D eigenvalue weighted by Gasteiger charge is -2.17. The lowest BCUT2D eigenvalue weighted by Crippen LogP contribution is -2.18. The smallest absolute Gasteiger partial charge is 0.292 e. The zero-order valence-corrected chi connectivity index (χ0v) is 10.5. The topological polar surface area (TPSA) is 110 Å². The third kappa shape index (κ3) is 3.39. The van der Waals surface area contributed by atoms with Crippen LogP contribution in [0.2, 0.25) is 0 Å². The van der Waals surface area contributed by atoms with Crippen LogP contribution in [0.5, 0.6) is 0 Å². The normalized spacial score (nSPS) is 14.3. The van der Waals surface area contributed by atoms with Crippen LogP contribution in [0.1, 0.15) is 18.1 Å². The Kier molecular flexibility index (Phi) is 4.86. The van der Waals surface area contributed by atoms with E-state index in [-0.39, 0.29) is 16.9 Å². The second kappa shape index (κ2) is 5.95. The molecule has 0 fully saturated rings. The molecule has 0 radical (unpaired) electrons. The number of nitrogens with two attached hydrogens (primary N) is 1. The third-order valence-corrected chi connectivity index (χ3v) is 2.82. The largest absolute Gasteiger partial charge is 0.393 e. The lowest BCUT2D eigenvalue weighted by atomic mass is 10.0. The SMILES string of the molecule is Nc1ccc(C(O)C(O)CCBr)cc1[N+](=O)[O-]. The van der Waals surface area contributed by atoms with Crippen LogP contribution in [-0.2, 0) is 0 Å². The minimum Gasteiger partial charge on any atom is -0.393 e. The molecule has 0 saturated carbocycles. The number of anilines is 1. The summed E-state index contributed by atoms with van der Waals surface area (Å²) in [5.41, 5.74) is 5.47. The molecule has 7 heteroatoms. The molecule has 0 aliphatic heterocycles. The number of nitro groups is 1. The van der Waals surface area contributed by atoms with Crippen molar-refractivity contribution in [1.29, 1.82) is 0 Å². The number of benzene rings is 1. The highest BCUT2D eigenvalue weighted by atomic mass is 79.9. The van der Waals surface area contributed by atoms with Gasteiger partial charge >= 0.3 is 0 Å². The number of hydrogen-bond donors (Lipinski definition) is 3. The molecule has 1 rings (SSSR count). The van der Waals surface area contributed by atoms with Gasteiger partial charge in [-0.1, -0.05) is 22.0 Å². The molecule has 17 heavy (non-hydrogen) atoms. The Labute approximate surface area is 106 Å². The molecule has 0 heterocycles. The molecule has 0 spiro atoms.